The maximum atomic E-state index is 11.5. The number of aromatic carboxylic acids is 1. The molecular formula is C18H20N2O5. The molecule has 2 aromatic rings. The van der Waals surface area contributed by atoms with E-state index in [2.05, 4.69) is 4.98 Å². The minimum Gasteiger partial charge on any atom is -0.505 e. The number of benzene rings is 1. The zero-order chi connectivity index (χ0) is 18.4. The highest BCUT2D eigenvalue weighted by molar-refractivity contribution is 5.92. The monoisotopic (exact) mass is 344 g/mol. The third kappa shape index (κ3) is 5.02. The van der Waals surface area contributed by atoms with Crippen LogP contribution >= 0.6 is 0 Å². The van der Waals surface area contributed by atoms with E-state index in [4.69, 9.17) is 5.11 Å². The Hall–Kier alpha value is -2.93. The first-order valence-electron chi connectivity index (χ1n) is 7.77. The van der Waals surface area contributed by atoms with Crippen molar-refractivity contribution in [3.05, 3.63) is 58.9 Å². The molecule has 0 fully saturated rings. The lowest BCUT2D eigenvalue weighted by Gasteiger charge is -2.23. The Kier molecular flexibility index (Phi) is 6.08. The summed E-state index contributed by atoms with van der Waals surface area (Å²) in [7, 11) is 0. The molecule has 0 amide bonds. The number of rotatable bonds is 8. The highest BCUT2D eigenvalue weighted by atomic mass is 16.4. The lowest BCUT2D eigenvalue weighted by molar-refractivity contribution is -0.137. The third-order valence-corrected chi connectivity index (χ3v) is 3.81. The largest absolute Gasteiger partial charge is 0.505 e. The number of hydrogen-bond acceptors (Lipinski definition) is 5. The zero-order valence-corrected chi connectivity index (χ0v) is 13.8. The molecule has 0 spiro atoms. The molecule has 1 heterocycles. The van der Waals surface area contributed by atoms with E-state index in [0.29, 0.717) is 12.1 Å². The predicted octanol–water partition coefficient (Wildman–Crippen LogP) is 2.27. The SMILES string of the molecule is Cc1ncc(CN(CCC(=O)O)Cc2ccccc2)c(C(=O)O)c1O. The predicted molar refractivity (Wildman–Crippen MR) is 90.4 cm³/mol. The van der Waals surface area contributed by atoms with Crippen LogP contribution in [0.2, 0.25) is 0 Å². The van der Waals surface area contributed by atoms with Gasteiger partial charge in [0.05, 0.1) is 12.1 Å². The Bertz CT molecular complexity index is 762. The van der Waals surface area contributed by atoms with Gasteiger partial charge in [-0.3, -0.25) is 14.7 Å². The van der Waals surface area contributed by atoms with Crippen molar-refractivity contribution in [3.63, 3.8) is 0 Å². The normalized spacial score (nSPS) is 10.8. The van der Waals surface area contributed by atoms with Gasteiger partial charge in [0.1, 0.15) is 5.56 Å². The number of carboxylic acids is 2. The first-order valence-corrected chi connectivity index (χ1v) is 7.77. The van der Waals surface area contributed by atoms with E-state index in [1.54, 1.807) is 0 Å². The average Bonchev–Trinajstić information content (AvgIpc) is 2.56. The number of hydrogen-bond donors (Lipinski definition) is 3. The zero-order valence-electron chi connectivity index (χ0n) is 13.8. The van der Waals surface area contributed by atoms with Crippen LogP contribution in [0, 0.1) is 6.92 Å². The molecule has 132 valence electrons. The summed E-state index contributed by atoms with van der Waals surface area (Å²) in [5, 5.41) is 28.3. The molecule has 7 nitrogen and oxygen atoms in total. The van der Waals surface area contributed by atoms with Crippen LogP contribution in [0.5, 0.6) is 5.75 Å². The fraction of sp³-hybridized carbons (Fsp3) is 0.278. The molecule has 1 aromatic heterocycles. The number of aliphatic carboxylic acids is 1. The van der Waals surface area contributed by atoms with Gasteiger partial charge in [-0.15, -0.1) is 0 Å². The van der Waals surface area contributed by atoms with Gasteiger partial charge in [-0.1, -0.05) is 30.3 Å². The molecule has 0 aliphatic rings. The fourth-order valence-electron chi connectivity index (χ4n) is 2.54. The van der Waals surface area contributed by atoms with Crippen LogP contribution in [-0.2, 0) is 17.9 Å². The van der Waals surface area contributed by atoms with Gasteiger partial charge in [0, 0.05) is 31.4 Å². The van der Waals surface area contributed by atoms with Crippen LogP contribution in [0.15, 0.2) is 36.5 Å². The number of aromatic nitrogens is 1. The maximum absolute atomic E-state index is 11.5. The maximum Gasteiger partial charge on any atom is 0.339 e. The number of aryl methyl sites for hydroxylation is 1. The van der Waals surface area contributed by atoms with E-state index in [-0.39, 0.29) is 36.5 Å². The summed E-state index contributed by atoms with van der Waals surface area (Å²) in [6.07, 6.45) is 1.35. The molecular weight excluding hydrogens is 324 g/mol. The van der Waals surface area contributed by atoms with Crippen molar-refractivity contribution in [2.24, 2.45) is 0 Å². The van der Waals surface area contributed by atoms with Gasteiger partial charge in [0.25, 0.3) is 0 Å². The van der Waals surface area contributed by atoms with Gasteiger partial charge in [-0.2, -0.15) is 0 Å². The van der Waals surface area contributed by atoms with E-state index >= 15 is 0 Å². The highest BCUT2D eigenvalue weighted by Crippen LogP contribution is 2.25. The number of carbonyl (C=O) groups is 2. The molecule has 25 heavy (non-hydrogen) atoms. The van der Waals surface area contributed by atoms with Crippen LogP contribution in [0.3, 0.4) is 0 Å². The van der Waals surface area contributed by atoms with Gasteiger partial charge < -0.3 is 15.3 Å². The van der Waals surface area contributed by atoms with Gasteiger partial charge in [0.2, 0.25) is 0 Å². The lowest BCUT2D eigenvalue weighted by Crippen LogP contribution is -2.27. The van der Waals surface area contributed by atoms with Crippen molar-refractivity contribution >= 4 is 11.9 Å². The van der Waals surface area contributed by atoms with Crippen LogP contribution in [0.1, 0.15) is 33.6 Å². The minimum absolute atomic E-state index is 0.0689. The Morgan fingerprint density at radius 2 is 1.80 bits per heavy atom. The van der Waals surface area contributed by atoms with E-state index in [1.807, 2.05) is 35.2 Å². The Labute approximate surface area is 145 Å². The Balaban J connectivity index is 2.28. The molecule has 0 aliphatic heterocycles. The van der Waals surface area contributed by atoms with Crippen LogP contribution in [0.25, 0.3) is 0 Å². The molecule has 1 aromatic carbocycles. The van der Waals surface area contributed by atoms with Gasteiger partial charge in [0.15, 0.2) is 5.75 Å². The van der Waals surface area contributed by atoms with E-state index in [0.717, 1.165) is 5.56 Å². The fourth-order valence-corrected chi connectivity index (χ4v) is 2.54. The van der Waals surface area contributed by atoms with E-state index in [1.165, 1.54) is 13.1 Å². The number of aromatic hydroxyl groups is 1. The number of carboxylic acid groups (broad SMARTS) is 2. The van der Waals surface area contributed by atoms with E-state index in [9.17, 15) is 19.8 Å². The molecule has 0 radical (unpaired) electrons. The Morgan fingerprint density at radius 1 is 1.12 bits per heavy atom. The molecule has 0 unspecified atom stereocenters. The summed E-state index contributed by atoms with van der Waals surface area (Å²) in [4.78, 5) is 28.3. The standard InChI is InChI=1S/C18H20N2O5/c1-12-17(23)16(18(24)25)14(9-19-12)11-20(8-7-15(21)22)10-13-5-3-2-4-6-13/h2-6,9,23H,7-8,10-11H2,1H3,(H,21,22)(H,24,25). The average molecular weight is 344 g/mol. The Morgan fingerprint density at radius 3 is 2.40 bits per heavy atom. The molecule has 0 saturated carbocycles. The van der Waals surface area contributed by atoms with Crippen molar-refractivity contribution in [2.75, 3.05) is 6.54 Å². The first-order chi connectivity index (χ1) is 11.9. The summed E-state index contributed by atoms with van der Waals surface area (Å²) < 4.78 is 0. The number of nitrogens with zero attached hydrogens (tertiary/aromatic N) is 2. The van der Waals surface area contributed by atoms with Gasteiger partial charge in [-0.25, -0.2) is 4.79 Å². The summed E-state index contributed by atoms with van der Waals surface area (Å²) in [6, 6.07) is 9.47. The second kappa shape index (κ2) is 8.25. The molecule has 0 aliphatic carbocycles. The van der Waals surface area contributed by atoms with Crippen LogP contribution in [0.4, 0.5) is 0 Å². The van der Waals surface area contributed by atoms with Crippen molar-refractivity contribution in [2.45, 2.75) is 26.4 Å². The van der Waals surface area contributed by atoms with Crippen molar-refractivity contribution in [1.29, 1.82) is 0 Å². The van der Waals surface area contributed by atoms with Crippen LogP contribution < -0.4 is 0 Å². The van der Waals surface area contributed by atoms with Crippen molar-refractivity contribution in [3.8, 4) is 5.75 Å². The van der Waals surface area contributed by atoms with E-state index < -0.39 is 11.9 Å². The molecule has 0 atom stereocenters. The van der Waals surface area contributed by atoms with Gasteiger partial charge >= 0.3 is 11.9 Å². The summed E-state index contributed by atoms with van der Waals surface area (Å²) in [6.45, 7) is 2.40. The lowest BCUT2D eigenvalue weighted by atomic mass is 10.1. The highest BCUT2D eigenvalue weighted by Gasteiger charge is 2.20. The minimum atomic E-state index is -1.24. The quantitative estimate of drug-likeness (QED) is 0.673. The summed E-state index contributed by atoms with van der Waals surface area (Å²) in [5.41, 5.74) is 1.37. The van der Waals surface area contributed by atoms with Gasteiger partial charge in [-0.05, 0) is 12.5 Å². The second-order valence-electron chi connectivity index (χ2n) is 5.74. The topological polar surface area (TPSA) is 111 Å². The number of pyridine rings is 1. The molecule has 0 bridgehead atoms. The molecule has 0 saturated heterocycles. The summed E-state index contributed by atoms with van der Waals surface area (Å²) >= 11 is 0. The summed E-state index contributed by atoms with van der Waals surface area (Å²) in [5.74, 6) is -2.53. The molecule has 3 N–H and O–H groups in total. The smallest absolute Gasteiger partial charge is 0.339 e. The second-order valence-corrected chi connectivity index (χ2v) is 5.74. The van der Waals surface area contributed by atoms with Crippen LogP contribution in [-0.4, -0.2) is 43.7 Å². The molecule has 2 rings (SSSR count). The third-order valence-electron chi connectivity index (χ3n) is 3.81. The first kappa shape index (κ1) is 18.4. The molecule has 7 heteroatoms. The van der Waals surface area contributed by atoms with Crippen molar-refractivity contribution in [1.82, 2.24) is 9.88 Å². The van der Waals surface area contributed by atoms with Crippen molar-refractivity contribution < 1.29 is 24.9 Å².